The molecule has 2 aromatic rings. The molecule has 1 saturated heterocycles. The SMILES string of the molecule is Cc1ccnc(N2CCN(c3cnccn3)CC2)n1. The highest BCUT2D eigenvalue weighted by molar-refractivity contribution is 5.40. The Morgan fingerprint density at radius 3 is 2.42 bits per heavy atom. The number of nitrogens with zero attached hydrogens (tertiary/aromatic N) is 6. The standard InChI is InChI=1S/C13H16N6/c1-11-2-3-16-13(17-11)19-8-6-18(7-9-19)12-10-14-4-5-15-12/h2-5,10H,6-9H2,1H3. The molecule has 19 heavy (non-hydrogen) atoms. The third-order valence-corrected chi connectivity index (χ3v) is 3.22. The fraction of sp³-hybridized carbons (Fsp3) is 0.385. The molecule has 0 amide bonds. The predicted octanol–water partition coefficient (Wildman–Crippen LogP) is 0.902. The largest absolute Gasteiger partial charge is 0.352 e. The summed E-state index contributed by atoms with van der Waals surface area (Å²) in [4.78, 5) is 21.7. The Bertz CT molecular complexity index is 536. The predicted molar refractivity (Wildman–Crippen MR) is 73.2 cm³/mol. The van der Waals surface area contributed by atoms with Crippen LogP contribution < -0.4 is 9.80 Å². The van der Waals surface area contributed by atoms with Crippen LogP contribution in [0.15, 0.2) is 30.9 Å². The smallest absolute Gasteiger partial charge is 0.225 e. The van der Waals surface area contributed by atoms with E-state index in [1.54, 1.807) is 18.6 Å². The molecule has 0 bridgehead atoms. The summed E-state index contributed by atoms with van der Waals surface area (Å²) in [6, 6.07) is 1.92. The van der Waals surface area contributed by atoms with Gasteiger partial charge in [-0.3, -0.25) is 4.98 Å². The lowest BCUT2D eigenvalue weighted by Gasteiger charge is -2.35. The molecule has 0 saturated carbocycles. The molecule has 1 fully saturated rings. The summed E-state index contributed by atoms with van der Waals surface area (Å²) >= 11 is 0. The number of aromatic nitrogens is 4. The van der Waals surface area contributed by atoms with Crippen LogP contribution in [0.4, 0.5) is 11.8 Å². The zero-order valence-corrected chi connectivity index (χ0v) is 10.9. The van der Waals surface area contributed by atoms with Crippen molar-refractivity contribution in [2.75, 3.05) is 36.0 Å². The minimum Gasteiger partial charge on any atom is -0.352 e. The van der Waals surface area contributed by atoms with E-state index < -0.39 is 0 Å². The van der Waals surface area contributed by atoms with E-state index in [2.05, 4.69) is 29.7 Å². The van der Waals surface area contributed by atoms with Gasteiger partial charge in [0.15, 0.2) is 0 Å². The minimum absolute atomic E-state index is 0.818. The van der Waals surface area contributed by atoms with E-state index in [1.165, 1.54) is 0 Å². The molecule has 6 heteroatoms. The quantitative estimate of drug-likeness (QED) is 0.795. The Labute approximate surface area is 112 Å². The Balaban J connectivity index is 1.67. The van der Waals surface area contributed by atoms with E-state index in [0.29, 0.717) is 0 Å². The molecule has 3 rings (SSSR count). The molecule has 0 N–H and O–H groups in total. The molecule has 1 aliphatic heterocycles. The molecule has 0 spiro atoms. The van der Waals surface area contributed by atoms with Crippen molar-refractivity contribution in [3.63, 3.8) is 0 Å². The van der Waals surface area contributed by atoms with Crippen molar-refractivity contribution in [1.29, 1.82) is 0 Å². The van der Waals surface area contributed by atoms with Crippen LogP contribution in [-0.4, -0.2) is 46.1 Å². The van der Waals surface area contributed by atoms with Gasteiger partial charge in [-0.1, -0.05) is 0 Å². The maximum Gasteiger partial charge on any atom is 0.225 e. The Kier molecular flexibility index (Phi) is 3.22. The molecule has 0 aliphatic carbocycles. The summed E-state index contributed by atoms with van der Waals surface area (Å²) < 4.78 is 0. The Morgan fingerprint density at radius 1 is 0.947 bits per heavy atom. The van der Waals surface area contributed by atoms with E-state index in [0.717, 1.165) is 43.6 Å². The summed E-state index contributed by atoms with van der Waals surface area (Å²) in [7, 11) is 0. The highest BCUT2D eigenvalue weighted by atomic mass is 15.3. The van der Waals surface area contributed by atoms with Gasteiger partial charge in [-0.2, -0.15) is 0 Å². The number of rotatable bonds is 2. The molecule has 98 valence electrons. The molecular weight excluding hydrogens is 240 g/mol. The van der Waals surface area contributed by atoms with E-state index in [4.69, 9.17) is 0 Å². The average molecular weight is 256 g/mol. The maximum absolute atomic E-state index is 4.46. The number of aryl methyl sites for hydroxylation is 1. The number of anilines is 2. The second-order valence-corrected chi connectivity index (χ2v) is 4.54. The summed E-state index contributed by atoms with van der Waals surface area (Å²) in [6.45, 7) is 5.62. The monoisotopic (exact) mass is 256 g/mol. The molecule has 3 heterocycles. The van der Waals surface area contributed by atoms with Crippen molar-refractivity contribution in [1.82, 2.24) is 19.9 Å². The first-order valence-electron chi connectivity index (χ1n) is 6.38. The first kappa shape index (κ1) is 11.8. The minimum atomic E-state index is 0.818. The zero-order valence-electron chi connectivity index (χ0n) is 10.9. The number of hydrogen-bond donors (Lipinski definition) is 0. The lowest BCUT2D eigenvalue weighted by Crippen LogP contribution is -2.47. The summed E-state index contributed by atoms with van der Waals surface area (Å²) in [6.07, 6.45) is 7.04. The summed E-state index contributed by atoms with van der Waals surface area (Å²) in [5.74, 6) is 1.76. The third-order valence-electron chi connectivity index (χ3n) is 3.22. The van der Waals surface area contributed by atoms with Gasteiger partial charge < -0.3 is 9.80 Å². The molecule has 1 aliphatic rings. The van der Waals surface area contributed by atoms with Gasteiger partial charge in [0.25, 0.3) is 0 Å². The van der Waals surface area contributed by atoms with Gasteiger partial charge in [0.05, 0.1) is 6.20 Å². The van der Waals surface area contributed by atoms with Crippen molar-refractivity contribution in [3.8, 4) is 0 Å². The Hall–Kier alpha value is -2.24. The molecule has 6 nitrogen and oxygen atoms in total. The average Bonchev–Trinajstić information content (AvgIpc) is 2.48. The van der Waals surface area contributed by atoms with Crippen molar-refractivity contribution >= 4 is 11.8 Å². The second-order valence-electron chi connectivity index (χ2n) is 4.54. The lowest BCUT2D eigenvalue weighted by molar-refractivity contribution is 0.632. The van der Waals surface area contributed by atoms with E-state index in [9.17, 15) is 0 Å². The van der Waals surface area contributed by atoms with Crippen LogP contribution in [0.5, 0.6) is 0 Å². The molecule has 0 unspecified atom stereocenters. The van der Waals surface area contributed by atoms with Crippen LogP contribution in [0.1, 0.15) is 5.69 Å². The van der Waals surface area contributed by atoms with Gasteiger partial charge in [-0.05, 0) is 13.0 Å². The van der Waals surface area contributed by atoms with Crippen LogP contribution in [0.3, 0.4) is 0 Å². The molecule has 2 aromatic heterocycles. The van der Waals surface area contributed by atoms with Crippen molar-refractivity contribution in [2.24, 2.45) is 0 Å². The van der Waals surface area contributed by atoms with E-state index in [1.807, 2.05) is 19.2 Å². The maximum atomic E-state index is 4.46. The first-order valence-corrected chi connectivity index (χ1v) is 6.38. The lowest BCUT2D eigenvalue weighted by atomic mass is 10.3. The van der Waals surface area contributed by atoms with Gasteiger partial charge in [0, 0.05) is 50.5 Å². The van der Waals surface area contributed by atoms with Gasteiger partial charge in [0.1, 0.15) is 5.82 Å². The fourth-order valence-electron chi connectivity index (χ4n) is 2.18. The highest BCUT2D eigenvalue weighted by Crippen LogP contribution is 2.15. The van der Waals surface area contributed by atoms with Crippen LogP contribution in [-0.2, 0) is 0 Å². The normalized spacial score (nSPS) is 15.6. The number of piperazine rings is 1. The molecule has 0 aromatic carbocycles. The molecule has 0 radical (unpaired) electrons. The van der Waals surface area contributed by atoms with Crippen molar-refractivity contribution in [2.45, 2.75) is 6.92 Å². The van der Waals surface area contributed by atoms with Crippen LogP contribution in [0, 0.1) is 6.92 Å². The van der Waals surface area contributed by atoms with Gasteiger partial charge >= 0.3 is 0 Å². The van der Waals surface area contributed by atoms with E-state index >= 15 is 0 Å². The van der Waals surface area contributed by atoms with Crippen LogP contribution in [0.2, 0.25) is 0 Å². The zero-order chi connectivity index (χ0) is 13.1. The number of hydrogen-bond acceptors (Lipinski definition) is 6. The van der Waals surface area contributed by atoms with Gasteiger partial charge in [0.2, 0.25) is 5.95 Å². The van der Waals surface area contributed by atoms with Crippen LogP contribution >= 0.6 is 0 Å². The van der Waals surface area contributed by atoms with Crippen molar-refractivity contribution in [3.05, 3.63) is 36.5 Å². The topological polar surface area (TPSA) is 58.0 Å². The van der Waals surface area contributed by atoms with Gasteiger partial charge in [-0.25, -0.2) is 15.0 Å². The highest BCUT2D eigenvalue weighted by Gasteiger charge is 2.19. The first-order chi connectivity index (χ1) is 9.33. The summed E-state index contributed by atoms with van der Waals surface area (Å²) in [5, 5.41) is 0. The third kappa shape index (κ3) is 2.62. The Morgan fingerprint density at radius 2 is 1.74 bits per heavy atom. The molecular formula is C13H16N6. The van der Waals surface area contributed by atoms with Crippen molar-refractivity contribution < 1.29 is 0 Å². The van der Waals surface area contributed by atoms with Crippen LogP contribution in [0.25, 0.3) is 0 Å². The summed E-state index contributed by atoms with van der Waals surface area (Å²) in [5.41, 5.74) is 1.00. The molecule has 0 atom stereocenters. The fourth-order valence-corrected chi connectivity index (χ4v) is 2.18. The van der Waals surface area contributed by atoms with Gasteiger partial charge in [-0.15, -0.1) is 0 Å². The second kappa shape index (κ2) is 5.17. The van der Waals surface area contributed by atoms with E-state index in [-0.39, 0.29) is 0 Å².